The largest absolute Gasteiger partial charge is 0.439 e. The Morgan fingerprint density at radius 1 is 1.12 bits per heavy atom. The van der Waals surface area contributed by atoms with Crippen LogP contribution in [0.25, 0.3) is 10.9 Å². The number of pyridine rings is 1. The predicted octanol–water partition coefficient (Wildman–Crippen LogP) is 3.82. The van der Waals surface area contributed by atoms with Crippen LogP contribution in [0.15, 0.2) is 64.3 Å². The number of nitrogens with zero attached hydrogens (tertiary/aromatic N) is 3. The number of aliphatic hydroxyl groups excluding tert-OH is 1. The lowest BCUT2D eigenvalue weighted by Gasteiger charge is -2.16. The van der Waals surface area contributed by atoms with Crippen LogP contribution in [0.2, 0.25) is 5.02 Å². The summed E-state index contributed by atoms with van der Waals surface area (Å²) in [5.41, 5.74) is 2.06. The minimum absolute atomic E-state index is 0.120. The quantitative estimate of drug-likeness (QED) is 0.448. The minimum atomic E-state index is -0.451. The Hall–Kier alpha value is -3.42. The molecule has 0 aliphatic carbocycles. The monoisotopic (exact) mass is 465 g/mol. The maximum Gasteiger partial charge on any atom is 0.331 e. The molecule has 0 saturated carbocycles. The molecular formula is C25H24ClN3O4. The molecule has 0 fully saturated rings. The Bertz CT molecular complexity index is 1430. The molecule has 4 aromatic rings. The molecule has 170 valence electrons. The minimum Gasteiger partial charge on any atom is -0.439 e. The highest BCUT2D eigenvalue weighted by Crippen LogP contribution is 2.30. The van der Waals surface area contributed by atoms with Gasteiger partial charge < -0.3 is 9.84 Å². The van der Waals surface area contributed by atoms with Gasteiger partial charge in [-0.2, -0.15) is 0 Å². The van der Waals surface area contributed by atoms with Crippen molar-refractivity contribution in [1.29, 1.82) is 0 Å². The summed E-state index contributed by atoms with van der Waals surface area (Å²) < 4.78 is 8.69. The average molecular weight is 466 g/mol. The fourth-order valence-corrected chi connectivity index (χ4v) is 3.92. The first-order valence-corrected chi connectivity index (χ1v) is 11.0. The molecule has 0 aliphatic heterocycles. The second kappa shape index (κ2) is 9.60. The van der Waals surface area contributed by atoms with E-state index in [-0.39, 0.29) is 13.2 Å². The van der Waals surface area contributed by atoms with Crippen molar-refractivity contribution in [3.63, 3.8) is 0 Å². The molecule has 4 rings (SSSR count). The van der Waals surface area contributed by atoms with Crippen LogP contribution in [0.5, 0.6) is 11.6 Å². The summed E-state index contributed by atoms with van der Waals surface area (Å²) in [4.78, 5) is 30.8. The molecule has 0 saturated heterocycles. The maximum absolute atomic E-state index is 13.5. The van der Waals surface area contributed by atoms with Gasteiger partial charge in [0, 0.05) is 37.2 Å². The van der Waals surface area contributed by atoms with E-state index in [1.54, 1.807) is 19.2 Å². The van der Waals surface area contributed by atoms with Crippen molar-refractivity contribution >= 4 is 22.5 Å². The number of aliphatic hydroxyl groups is 1. The molecule has 1 N–H and O–H groups in total. The standard InChI is InChI=1S/C25H24ClN3O4/c1-16-5-3-6-19(13-16)33-23-20(14-17-7-9-18(26)10-8-17)22-21(15-27-23)28(2)25(32)29(24(22)31)11-4-12-30/h3,5-10,13,15,30H,4,11-12,14H2,1-2H3. The Morgan fingerprint density at radius 2 is 1.88 bits per heavy atom. The van der Waals surface area contributed by atoms with Crippen molar-refractivity contribution in [1.82, 2.24) is 14.1 Å². The Kier molecular flexibility index (Phi) is 6.62. The van der Waals surface area contributed by atoms with Gasteiger partial charge in [-0.3, -0.25) is 13.9 Å². The van der Waals surface area contributed by atoms with Crippen molar-refractivity contribution in [2.75, 3.05) is 6.61 Å². The number of aromatic nitrogens is 3. The van der Waals surface area contributed by atoms with E-state index in [2.05, 4.69) is 4.98 Å². The van der Waals surface area contributed by atoms with Gasteiger partial charge in [0.25, 0.3) is 5.56 Å². The van der Waals surface area contributed by atoms with E-state index in [0.29, 0.717) is 46.0 Å². The predicted molar refractivity (Wildman–Crippen MR) is 128 cm³/mol. The number of ether oxygens (including phenoxy) is 1. The highest BCUT2D eigenvalue weighted by atomic mass is 35.5. The molecule has 0 amide bonds. The van der Waals surface area contributed by atoms with E-state index < -0.39 is 11.2 Å². The average Bonchev–Trinajstić information content (AvgIpc) is 2.80. The number of hydrogen-bond acceptors (Lipinski definition) is 5. The second-order valence-corrected chi connectivity index (χ2v) is 8.34. The van der Waals surface area contributed by atoms with Gasteiger partial charge in [-0.25, -0.2) is 9.78 Å². The molecule has 2 aromatic heterocycles. The van der Waals surface area contributed by atoms with Crippen molar-refractivity contribution in [2.45, 2.75) is 26.3 Å². The van der Waals surface area contributed by atoms with Crippen molar-refractivity contribution in [2.24, 2.45) is 7.05 Å². The molecule has 8 heteroatoms. The van der Waals surface area contributed by atoms with Gasteiger partial charge in [0.05, 0.1) is 17.1 Å². The van der Waals surface area contributed by atoms with E-state index in [1.165, 1.54) is 10.8 Å². The van der Waals surface area contributed by atoms with Crippen LogP contribution in [0.1, 0.15) is 23.1 Å². The van der Waals surface area contributed by atoms with Crippen LogP contribution < -0.4 is 16.0 Å². The van der Waals surface area contributed by atoms with Crippen molar-refractivity contribution in [3.8, 4) is 11.6 Å². The number of rotatable bonds is 7. The van der Waals surface area contributed by atoms with Crippen LogP contribution >= 0.6 is 11.6 Å². The fraction of sp³-hybridized carbons (Fsp3) is 0.240. The first-order valence-electron chi connectivity index (χ1n) is 10.6. The van der Waals surface area contributed by atoms with E-state index in [4.69, 9.17) is 16.3 Å². The molecule has 33 heavy (non-hydrogen) atoms. The van der Waals surface area contributed by atoms with Crippen molar-refractivity contribution in [3.05, 3.63) is 97.3 Å². The second-order valence-electron chi connectivity index (χ2n) is 7.90. The highest BCUT2D eigenvalue weighted by Gasteiger charge is 2.20. The van der Waals surface area contributed by atoms with Crippen LogP contribution in [0.4, 0.5) is 0 Å². The third-order valence-corrected chi connectivity index (χ3v) is 5.75. The molecule has 0 aliphatic rings. The van der Waals surface area contributed by atoms with Crippen LogP contribution in [-0.4, -0.2) is 25.8 Å². The summed E-state index contributed by atoms with van der Waals surface area (Å²) in [6, 6.07) is 14.9. The first kappa shape index (κ1) is 22.8. The van der Waals surface area contributed by atoms with Gasteiger partial charge in [0.1, 0.15) is 5.75 Å². The summed E-state index contributed by atoms with van der Waals surface area (Å²) >= 11 is 6.05. The van der Waals surface area contributed by atoms with Gasteiger partial charge in [-0.05, 0) is 48.7 Å². The fourth-order valence-electron chi connectivity index (χ4n) is 3.80. The number of halogens is 1. The van der Waals surface area contributed by atoms with E-state index >= 15 is 0 Å². The third-order valence-electron chi connectivity index (χ3n) is 5.50. The van der Waals surface area contributed by atoms with Gasteiger partial charge >= 0.3 is 5.69 Å². The SMILES string of the molecule is Cc1cccc(Oc2ncc3c(c2Cc2ccc(Cl)cc2)c(=O)n(CCCO)c(=O)n3C)c1. The van der Waals surface area contributed by atoms with E-state index in [9.17, 15) is 14.7 Å². The molecule has 0 bridgehead atoms. The zero-order valence-electron chi connectivity index (χ0n) is 18.4. The molecule has 0 spiro atoms. The molecule has 2 heterocycles. The number of hydrogen-bond donors (Lipinski definition) is 1. The lowest BCUT2D eigenvalue weighted by Crippen LogP contribution is -2.39. The Balaban J connectivity index is 1.97. The molecule has 0 unspecified atom stereocenters. The van der Waals surface area contributed by atoms with Gasteiger partial charge in [-0.1, -0.05) is 35.9 Å². The lowest BCUT2D eigenvalue weighted by molar-refractivity contribution is 0.277. The zero-order valence-corrected chi connectivity index (χ0v) is 19.2. The molecule has 0 radical (unpaired) electrons. The van der Waals surface area contributed by atoms with Crippen molar-refractivity contribution < 1.29 is 9.84 Å². The Morgan fingerprint density at radius 3 is 2.58 bits per heavy atom. The van der Waals surface area contributed by atoms with E-state index in [0.717, 1.165) is 15.7 Å². The number of benzene rings is 2. The third kappa shape index (κ3) is 4.69. The van der Waals surface area contributed by atoms with Gasteiger partial charge in [0.15, 0.2) is 0 Å². The molecular weight excluding hydrogens is 442 g/mol. The van der Waals surface area contributed by atoms with Crippen LogP contribution in [0.3, 0.4) is 0 Å². The smallest absolute Gasteiger partial charge is 0.331 e. The summed E-state index contributed by atoms with van der Waals surface area (Å²) in [6.07, 6.45) is 2.14. The maximum atomic E-state index is 13.5. The topological polar surface area (TPSA) is 86.3 Å². The van der Waals surface area contributed by atoms with Gasteiger partial charge in [0.2, 0.25) is 5.88 Å². The number of aryl methyl sites for hydroxylation is 2. The zero-order chi connectivity index (χ0) is 23.5. The summed E-state index contributed by atoms with van der Waals surface area (Å²) in [7, 11) is 1.61. The van der Waals surface area contributed by atoms with E-state index in [1.807, 2.05) is 43.3 Å². The summed E-state index contributed by atoms with van der Waals surface area (Å²) in [6.45, 7) is 1.96. The van der Waals surface area contributed by atoms with Gasteiger partial charge in [-0.15, -0.1) is 0 Å². The molecule has 7 nitrogen and oxygen atoms in total. The summed E-state index contributed by atoms with van der Waals surface area (Å²) in [5.74, 6) is 0.900. The highest BCUT2D eigenvalue weighted by molar-refractivity contribution is 6.30. The van der Waals surface area contributed by atoms with Crippen LogP contribution in [0, 0.1) is 6.92 Å². The lowest BCUT2D eigenvalue weighted by atomic mass is 10.0. The Labute approximate surface area is 195 Å². The summed E-state index contributed by atoms with van der Waals surface area (Å²) in [5, 5.41) is 10.2. The normalized spacial score (nSPS) is 11.2. The molecule has 0 atom stereocenters. The number of fused-ring (bicyclic) bond motifs is 1. The first-order chi connectivity index (χ1) is 15.9. The van der Waals surface area contributed by atoms with Crippen LogP contribution in [-0.2, 0) is 20.0 Å². The molecule has 2 aromatic carbocycles.